The summed E-state index contributed by atoms with van der Waals surface area (Å²) in [6.45, 7) is 6.05. The Hall–Kier alpha value is -0.570. The Morgan fingerprint density at radius 3 is 2.08 bits per heavy atom. The molecule has 0 bridgehead atoms. The fraction of sp³-hybridized carbons (Fsp3) is 0.889. The quantitative estimate of drug-likeness (QED) is 0.647. The highest BCUT2D eigenvalue weighted by Crippen LogP contribution is 2.32. The Kier molecular flexibility index (Phi) is 4.90. The van der Waals surface area contributed by atoms with E-state index in [2.05, 4.69) is 11.8 Å². The predicted octanol–water partition coefficient (Wildman–Crippen LogP) is 2.01. The number of carbonyl (C=O) groups excluding carboxylic acids is 1. The molecule has 3 heteroatoms. The molecular weight excluding hydrogens is 154 g/mol. The molecule has 0 saturated heterocycles. The van der Waals surface area contributed by atoms with Gasteiger partial charge in [-0.15, -0.1) is 0 Å². The van der Waals surface area contributed by atoms with Crippen LogP contribution in [0.5, 0.6) is 0 Å². The minimum Gasteiger partial charge on any atom is -0.373 e. The van der Waals surface area contributed by atoms with E-state index in [0.29, 0.717) is 0 Å². The van der Waals surface area contributed by atoms with E-state index < -0.39 is 0 Å². The Labute approximate surface area is 74.2 Å². The number of hydrogen-bond acceptors (Lipinski definition) is 3. The van der Waals surface area contributed by atoms with Crippen molar-refractivity contribution in [3.63, 3.8) is 0 Å². The fourth-order valence-electron chi connectivity index (χ4n) is 1.60. The standard InChI is InChI=1S/C9H19NO2/c1-4-7-9(5-2,6-3)8(11)12-10/h4-7,10H2,1-3H3. The molecule has 12 heavy (non-hydrogen) atoms. The highest BCUT2D eigenvalue weighted by Gasteiger charge is 2.35. The van der Waals surface area contributed by atoms with E-state index in [1.807, 2.05) is 13.8 Å². The van der Waals surface area contributed by atoms with Crippen LogP contribution in [0.15, 0.2) is 0 Å². The second-order valence-corrected chi connectivity index (χ2v) is 3.14. The van der Waals surface area contributed by atoms with Crippen LogP contribution in [0, 0.1) is 5.41 Å². The van der Waals surface area contributed by atoms with Crippen LogP contribution in [-0.4, -0.2) is 5.97 Å². The van der Waals surface area contributed by atoms with Crippen molar-refractivity contribution >= 4 is 5.97 Å². The van der Waals surface area contributed by atoms with Crippen molar-refractivity contribution < 1.29 is 9.63 Å². The van der Waals surface area contributed by atoms with Crippen LogP contribution in [0.1, 0.15) is 46.5 Å². The Bertz CT molecular complexity index is 141. The lowest BCUT2D eigenvalue weighted by molar-refractivity contribution is -0.157. The summed E-state index contributed by atoms with van der Waals surface area (Å²) in [5.74, 6) is 4.62. The zero-order chi connectivity index (χ0) is 9.61. The SMILES string of the molecule is CCCC(CC)(CC)C(=O)ON. The van der Waals surface area contributed by atoms with Crippen LogP contribution in [0.2, 0.25) is 0 Å². The highest BCUT2D eigenvalue weighted by atomic mass is 16.7. The topological polar surface area (TPSA) is 52.3 Å². The maximum Gasteiger partial charge on any atom is 0.330 e. The first kappa shape index (κ1) is 11.4. The molecule has 0 aliphatic rings. The molecule has 0 fully saturated rings. The Morgan fingerprint density at radius 2 is 1.83 bits per heavy atom. The Morgan fingerprint density at radius 1 is 1.33 bits per heavy atom. The molecule has 72 valence electrons. The normalized spacial score (nSPS) is 11.3. The van der Waals surface area contributed by atoms with Crippen molar-refractivity contribution in [1.29, 1.82) is 0 Å². The summed E-state index contributed by atoms with van der Waals surface area (Å²) >= 11 is 0. The Balaban J connectivity index is 4.44. The molecule has 2 N–H and O–H groups in total. The lowest BCUT2D eigenvalue weighted by Gasteiger charge is -2.27. The molecular formula is C9H19NO2. The lowest BCUT2D eigenvalue weighted by Crippen LogP contribution is -2.33. The fourth-order valence-corrected chi connectivity index (χ4v) is 1.60. The van der Waals surface area contributed by atoms with Gasteiger partial charge in [-0.25, -0.2) is 4.79 Å². The summed E-state index contributed by atoms with van der Waals surface area (Å²) in [4.78, 5) is 15.6. The maximum atomic E-state index is 11.3. The van der Waals surface area contributed by atoms with Crippen LogP contribution in [-0.2, 0) is 9.63 Å². The van der Waals surface area contributed by atoms with Gasteiger partial charge in [0.1, 0.15) is 0 Å². The number of hydrogen-bond donors (Lipinski definition) is 1. The average molecular weight is 173 g/mol. The van der Waals surface area contributed by atoms with Crippen LogP contribution in [0.25, 0.3) is 0 Å². The van der Waals surface area contributed by atoms with Crippen molar-refractivity contribution in [3.05, 3.63) is 0 Å². The molecule has 0 aromatic rings. The minimum atomic E-state index is -0.344. The van der Waals surface area contributed by atoms with Crippen molar-refractivity contribution in [1.82, 2.24) is 0 Å². The second-order valence-electron chi connectivity index (χ2n) is 3.14. The first-order chi connectivity index (χ1) is 5.66. The number of nitrogens with two attached hydrogens (primary N) is 1. The molecule has 0 unspecified atom stereocenters. The first-order valence-corrected chi connectivity index (χ1v) is 4.58. The summed E-state index contributed by atoms with van der Waals surface area (Å²) in [5, 5.41) is 0. The third kappa shape index (κ3) is 2.21. The lowest BCUT2D eigenvalue weighted by atomic mass is 9.78. The summed E-state index contributed by atoms with van der Waals surface area (Å²) in [6.07, 6.45) is 3.44. The molecule has 0 spiro atoms. The van der Waals surface area contributed by atoms with Gasteiger partial charge in [-0.3, -0.25) is 0 Å². The van der Waals surface area contributed by atoms with E-state index >= 15 is 0 Å². The van der Waals surface area contributed by atoms with Gasteiger partial charge < -0.3 is 4.84 Å². The van der Waals surface area contributed by atoms with Crippen molar-refractivity contribution in [2.45, 2.75) is 46.5 Å². The molecule has 3 nitrogen and oxygen atoms in total. The van der Waals surface area contributed by atoms with Crippen LogP contribution in [0.3, 0.4) is 0 Å². The molecule has 0 amide bonds. The monoisotopic (exact) mass is 173 g/mol. The van der Waals surface area contributed by atoms with Crippen LogP contribution in [0.4, 0.5) is 0 Å². The van der Waals surface area contributed by atoms with Gasteiger partial charge in [-0.1, -0.05) is 27.2 Å². The van der Waals surface area contributed by atoms with Crippen molar-refractivity contribution in [3.8, 4) is 0 Å². The molecule has 0 saturated carbocycles. The van der Waals surface area contributed by atoms with E-state index in [4.69, 9.17) is 5.90 Å². The third-order valence-corrected chi connectivity index (χ3v) is 2.62. The minimum absolute atomic E-state index is 0.269. The molecule has 0 radical (unpaired) electrons. The summed E-state index contributed by atoms with van der Waals surface area (Å²) < 4.78 is 0. The van der Waals surface area contributed by atoms with Gasteiger partial charge in [0.2, 0.25) is 0 Å². The van der Waals surface area contributed by atoms with E-state index in [0.717, 1.165) is 25.7 Å². The van der Waals surface area contributed by atoms with E-state index in [1.165, 1.54) is 0 Å². The number of carbonyl (C=O) groups is 1. The van der Waals surface area contributed by atoms with E-state index in [-0.39, 0.29) is 11.4 Å². The van der Waals surface area contributed by atoms with Gasteiger partial charge >= 0.3 is 5.97 Å². The van der Waals surface area contributed by atoms with Gasteiger partial charge in [-0.2, -0.15) is 5.90 Å². The van der Waals surface area contributed by atoms with Crippen LogP contribution < -0.4 is 5.90 Å². The van der Waals surface area contributed by atoms with Gasteiger partial charge in [0, 0.05) is 0 Å². The summed E-state index contributed by atoms with van der Waals surface area (Å²) in [5.41, 5.74) is -0.344. The zero-order valence-electron chi connectivity index (χ0n) is 8.22. The van der Waals surface area contributed by atoms with Gasteiger partial charge in [0.05, 0.1) is 5.41 Å². The molecule has 0 aliphatic heterocycles. The van der Waals surface area contributed by atoms with Gasteiger partial charge in [0.15, 0.2) is 0 Å². The average Bonchev–Trinajstić information content (AvgIpc) is 2.13. The maximum absolute atomic E-state index is 11.3. The largest absolute Gasteiger partial charge is 0.373 e. The first-order valence-electron chi connectivity index (χ1n) is 4.58. The smallest absolute Gasteiger partial charge is 0.330 e. The third-order valence-electron chi connectivity index (χ3n) is 2.62. The van der Waals surface area contributed by atoms with Gasteiger partial charge in [-0.05, 0) is 19.3 Å². The summed E-state index contributed by atoms with van der Waals surface area (Å²) in [6, 6.07) is 0. The predicted molar refractivity (Wildman–Crippen MR) is 48.2 cm³/mol. The highest BCUT2D eigenvalue weighted by molar-refractivity contribution is 5.76. The molecule has 0 aromatic carbocycles. The molecule has 0 heterocycles. The zero-order valence-corrected chi connectivity index (χ0v) is 8.22. The van der Waals surface area contributed by atoms with Crippen molar-refractivity contribution in [2.24, 2.45) is 11.3 Å². The van der Waals surface area contributed by atoms with Gasteiger partial charge in [0.25, 0.3) is 0 Å². The molecule has 0 rings (SSSR count). The molecule has 0 atom stereocenters. The number of rotatable bonds is 5. The van der Waals surface area contributed by atoms with Crippen LogP contribution >= 0.6 is 0 Å². The molecule has 0 aliphatic carbocycles. The second kappa shape index (κ2) is 5.14. The van der Waals surface area contributed by atoms with Crippen molar-refractivity contribution in [2.75, 3.05) is 0 Å². The van der Waals surface area contributed by atoms with E-state index in [1.54, 1.807) is 0 Å². The summed E-state index contributed by atoms with van der Waals surface area (Å²) in [7, 11) is 0. The molecule has 0 aromatic heterocycles. The van der Waals surface area contributed by atoms with E-state index in [9.17, 15) is 4.79 Å².